The molecule has 0 spiro atoms. The monoisotopic (exact) mass is 295 g/mol. The highest BCUT2D eigenvalue weighted by atomic mass is 35.5. The van der Waals surface area contributed by atoms with Gasteiger partial charge in [0.05, 0.1) is 15.0 Å². The first-order valence-electron chi connectivity index (χ1n) is 5.02. The van der Waals surface area contributed by atoms with Crippen molar-refractivity contribution >= 4 is 38.7 Å². The Bertz CT molecular complexity index is 495. The summed E-state index contributed by atoms with van der Waals surface area (Å²) in [4.78, 5) is 12.2. The molecule has 0 bridgehead atoms. The Balaban J connectivity index is 2.46. The molecule has 1 N–H and O–H groups in total. The van der Waals surface area contributed by atoms with Crippen molar-refractivity contribution in [3.05, 3.63) is 21.3 Å². The molecule has 1 aromatic rings. The maximum absolute atomic E-state index is 11.7. The Hall–Kier alpha value is -0.590. The minimum atomic E-state index is -2.99. The van der Waals surface area contributed by atoms with Gasteiger partial charge in [0.15, 0.2) is 0 Å². The third-order valence-corrected chi connectivity index (χ3v) is 4.30. The second-order valence-corrected chi connectivity index (χ2v) is 7.87. The largest absolute Gasteiger partial charge is 0.349 e. The molecule has 0 aromatic carbocycles. The van der Waals surface area contributed by atoms with E-state index in [4.69, 9.17) is 11.6 Å². The molecule has 0 aliphatic heterocycles. The second-order valence-electron chi connectivity index (χ2n) is 3.90. The fraction of sp³-hybridized carbons (Fsp3) is 0.500. The van der Waals surface area contributed by atoms with Crippen LogP contribution in [0.4, 0.5) is 0 Å². The third kappa shape index (κ3) is 5.52. The third-order valence-electron chi connectivity index (χ3n) is 2.10. The van der Waals surface area contributed by atoms with Crippen molar-refractivity contribution < 1.29 is 13.2 Å². The summed E-state index contributed by atoms with van der Waals surface area (Å²) < 4.78 is 22.5. The van der Waals surface area contributed by atoms with Gasteiger partial charge in [-0.25, -0.2) is 8.42 Å². The fourth-order valence-corrected chi connectivity index (χ4v) is 2.92. The number of sulfone groups is 1. The number of thiophene rings is 1. The normalized spacial score (nSPS) is 13.4. The highest BCUT2D eigenvalue weighted by molar-refractivity contribution is 7.90. The van der Waals surface area contributed by atoms with E-state index in [0.717, 1.165) is 0 Å². The van der Waals surface area contributed by atoms with Crippen molar-refractivity contribution in [2.45, 2.75) is 19.4 Å². The van der Waals surface area contributed by atoms with Gasteiger partial charge in [-0.2, -0.15) is 0 Å². The molecule has 17 heavy (non-hydrogen) atoms. The van der Waals surface area contributed by atoms with E-state index in [1.807, 2.05) is 0 Å². The lowest BCUT2D eigenvalue weighted by molar-refractivity contribution is 0.0943. The van der Waals surface area contributed by atoms with Crippen LogP contribution in [-0.4, -0.2) is 32.4 Å². The summed E-state index contributed by atoms with van der Waals surface area (Å²) in [6.07, 6.45) is 1.59. The molecule has 0 saturated carbocycles. The van der Waals surface area contributed by atoms with E-state index < -0.39 is 9.84 Å². The lowest BCUT2D eigenvalue weighted by Gasteiger charge is -2.12. The molecule has 7 heteroatoms. The molecule has 1 rings (SSSR count). The molecular formula is C10H14ClNO3S2. The highest BCUT2D eigenvalue weighted by Crippen LogP contribution is 2.21. The fourth-order valence-electron chi connectivity index (χ4n) is 1.19. The van der Waals surface area contributed by atoms with Crippen LogP contribution in [0.3, 0.4) is 0 Å². The molecule has 0 unspecified atom stereocenters. The van der Waals surface area contributed by atoms with Gasteiger partial charge < -0.3 is 5.32 Å². The smallest absolute Gasteiger partial charge is 0.261 e. The Labute approximate surface area is 110 Å². The zero-order valence-corrected chi connectivity index (χ0v) is 12.0. The van der Waals surface area contributed by atoms with Crippen LogP contribution in [0.25, 0.3) is 0 Å². The molecule has 1 heterocycles. The van der Waals surface area contributed by atoms with Crippen LogP contribution in [0.2, 0.25) is 4.34 Å². The number of hydrogen-bond donors (Lipinski definition) is 1. The summed E-state index contributed by atoms with van der Waals surface area (Å²) in [6.45, 7) is 1.78. The Morgan fingerprint density at radius 1 is 1.53 bits per heavy atom. The zero-order valence-electron chi connectivity index (χ0n) is 9.57. The first-order valence-corrected chi connectivity index (χ1v) is 8.27. The van der Waals surface area contributed by atoms with E-state index in [9.17, 15) is 13.2 Å². The van der Waals surface area contributed by atoms with Crippen molar-refractivity contribution in [2.24, 2.45) is 0 Å². The van der Waals surface area contributed by atoms with Gasteiger partial charge in [-0.1, -0.05) is 11.6 Å². The van der Waals surface area contributed by atoms with E-state index in [-0.39, 0.29) is 17.7 Å². The van der Waals surface area contributed by atoms with Crippen LogP contribution in [-0.2, 0) is 9.84 Å². The molecule has 0 aliphatic rings. The van der Waals surface area contributed by atoms with Crippen molar-refractivity contribution in [1.82, 2.24) is 5.32 Å². The van der Waals surface area contributed by atoms with Crippen molar-refractivity contribution in [2.75, 3.05) is 12.0 Å². The number of rotatable bonds is 5. The van der Waals surface area contributed by atoms with Crippen molar-refractivity contribution in [1.29, 1.82) is 0 Å². The van der Waals surface area contributed by atoms with Crippen molar-refractivity contribution in [3.63, 3.8) is 0 Å². The lowest BCUT2D eigenvalue weighted by Crippen LogP contribution is -2.33. The number of nitrogens with one attached hydrogen (secondary N) is 1. The number of halogens is 1. The molecule has 1 amide bonds. The van der Waals surface area contributed by atoms with Gasteiger partial charge >= 0.3 is 0 Å². The number of hydrogen-bond acceptors (Lipinski definition) is 4. The summed E-state index contributed by atoms with van der Waals surface area (Å²) in [5.41, 5.74) is 0. The van der Waals surface area contributed by atoms with E-state index >= 15 is 0 Å². The molecule has 96 valence electrons. The summed E-state index contributed by atoms with van der Waals surface area (Å²) in [7, 11) is -2.99. The van der Waals surface area contributed by atoms with Gasteiger partial charge in [-0.3, -0.25) is 4.79 Å². The molecule has 0 radical (unpaired) electrons. The van der Waals surface area contributed by atoms with Gasteiger partial charge in [0.1, 0.15) is 9.84 Å². The molecule has 4 nitrogen and oxygen atoms in total. The van der Waals surface area contributed by atoms with Gasteiger partial charge in [0.25, 0.3) is 5.91 Å². The molecule has 0 aliphatic carbocycles. The van der Waals surface area contributed by atoms with Gasteiger partial charge in [0.2, 0.25) is 0 Å². The molecule has 1 atom stereocenters. The van der Waals surface area contributed by atoms with Crippen LogP contribution in [0, 0.1) is 0 Å². The van der Waals surface area contributed by atoms with Crippen molar-refractivity contribution in [3.8, 4) is 0 Å². The molecular weight excluding hydrogens is 282 g/mol. The molecule has 0 fully saturated rings. The van der Waals surface area contributed by atoms with Gasteiger partial charge in [-0.15, -0.1) is 11.3 Å². The summed E-state index contributed by atoms with van der Waals surface area (Å²) in [5, 5.41) is 2.73. The van der Waals surface area contributed by atoms with Crippen LogP contribution in [0.15, 0.2) is 12.1 Å². The van der Waals surface area contributed by atoms with Crippen LogP contribution >= 0.6 is 22.9 Å². The second kappa shape index (κ2) is 5.84. The first kappa shape index (κ1) is 14.5. The van der Waals surface area contributed by atoms with E-state index in [1.54, 1.807) is 19.1 Å². The van der Waals surface area contributed by atoms with Crippen LogP contribution in [0.1, 0.15) is 23.0 Å². The van der Waals surface area contributed by atoms with Gasteiger partial charge in [-0.05, 0) is 25.5 Å². The molecule has 1 aromatic heterocycles. The van der Waals surface area contributed by atoms with Gasteiger partial charge in [0, 0.05) is 12.3 Å². The summed E-state index contributed by atoms with van der Waals surface area (Å²) >= 11 is 6.92. The Morgan fingerprint density at radius 2 is 2.18 bits per heavy atom. The maximum Gasteiger partial charge on any atom is 0.261 e. The average Bonchev–Trinajstić information content (AvgIpc) is 2.61. The predicted octanol–water partition coefficient (Wildman–Crippen LogP) is 1.95. The van der Waals surface area contributed by atoms with Crippen LogP contribution < -0.4 is 5.32 Å². The predicted molar refractivity (Wildman–Crippen MR) is 70.6 cm³/mol. The molecule has 0 saturated heterocycles. The topological polar surface area (TPSA) is 63.2 Å². The Kier molecular flexibility index (Phi) is 4.97. The first-order chi connectivity index (χ1) is 7.78. The number of carbonyl (C=O) groups excluding carboxylic acids is 1. The number of carbonyl (C=O) groups is 1. The quantitative estimate of drug-likeness (QED) is 0.903. The van der Waals surface area contributed by atoms with E-state index in [0.29, 0.717) is 15.6 Å². The maximum atomic E-state index is 11.7. The Morgan fingerprint density at radius 3 is 2.65 bits per heavy atom. The highest BCUT2D eigenvalue weighted by Gasteiger charge is 2.13. The SMILES string of the molecule is C[C@H](CCS(C)(=O)=O)NC(=O)c1ccc(Cl)s1. The lowest BCUT2D eigenvalue weighted by atomic mass is 10.2. The van der Waals surface area contributed by atoms with E-state index in [2.05, 4.69) is 5.32 Å². The minimum Gasteiger partial charge on any atom is -0.349 e. The zero-order chi connectivity index (χ0) is 13.1. The average molecular weight is 296 g/mol. The number of amides is 1. The minimum absolute atomic E-state index is 0.0691. The van der Waals surface area contributed by atoms with E-state index in [1.165, 1.54) is 17.6 Å². The summed E-state index contributed by atoms with van der Waals surface area (Å²) in [5.74, 6) is -0.150. The standard InChI is InChI=1S/C10H14ClNO3S2/c1-7(5-6-17(2,14)15)12-10(13)8-3-4-9(11)16-8/h3-4,7H,5-6H2,1-2H3,(H,12,13)/t7-/m1/s1. The summed E-state index contributed by atoms with van der Waals surface area (Å²) in [6, 6.07) is 3.12. The van der Waals surface area contributed by atoms with Crippen LogP contribution in [0.5, 0.6) is 0 Å².